The summed E-state index contributed by atoms with van der Waals surface area (Å²) >= 11 is 0. The van der Waals surface area contributed by atoms with Crippen molar-refractivity contribution in [2.24, 2.45) is 4.99 Å². The van der Waals surface area contributed by atoms with Gasteiger partial charge in [-0.05, 0) is 30.2 Å². The fourth-order valence-corrected chi connectivity index (χ4v) is 2.20. The summed E-state index contributed by atoms with van der Waals surface area (Å²) in [7, 11) is 1.79. The van der Waals surface area contributed by atoms with Gasteiger partial charge in [0, 0.05) is 45.7 Å². The van der Waals surface area contributed by atoms with Crippen molar-refractivity contribution in [1.82, 2.24) is 15.2 Å². The van der Waals surface area contributed by atoms with Crippen LogP contribution >= 0.6 is 24.0 Å². The minimum absolute atomic E-state index is 0. The topological polar surface area (TPSA) is 50.6 Å². The molecule has 2 N–H and O–H groups in total. The molecule has 0 amide bonds. The number of ether oxygens (including phenoxy) is 1. The van der Waals surface area contributed by atoms with Gasteiger partial charge in [-0.1, -0.05) is 24.3 Å². The van der Waals surface area contributed by atoms with Gasteiger partial charge in [-0.15, -0.1) is 24.0 Å². The molecule has 0 fully saturated rings. The summed E-state index contributed by atoms with van der Waals surface area (Å²) in [6.07, 6.45) is 4.11. The van der Waals surface area contributed by atoms with Crippen molar-refractivity contribution in [3.05, 3.63) is 59.9 Å². The maximum Gasteiger partial charge on any atom is 0.191 e. The largest absolute Gasteiger partial charge is 0.377 e. The van der Waals surface area contributed by atoms with Crippen LogP contribution in [0.25, 0.3) is 0 Å². The van der Waals surface area contributed by atoms with E-state index in [2.05, 4.69) is 56.9 Å². The summed E-state index contributed by atoms with van der Waals surface area (Å²) in [4.78, 5) is 4.25. The molecule has 0 saturated carbocycles. The van der Waals surface area contributed by atoms with Crippen LogP contribution in [0.5, 0.6) is 0 Å². The van der Waals surface area contributed by atoms with Gasteiger partial charge in [0.15, 0.2) is 5.96 Å². The number of halogens is 1. The molecule has 24 heavy (non-hydrogen) atoms. The number of aliphatic imine (C=N–C) groups is 1. The lowest BCUT2D eigenvalue weighted by molar-refractivity contribution is 0.134. The van der Waals surface area contributed by atoms with E-state index in [1.807, 2.05) is 19.1 Å². The molecule has 2 aromatic rings. The second-order valence-electron chi connectivity index (χ2n) is 5.23. The van der Waals surface area contributed by atoms with Gasteiger partial charge in [0.1, 0.15) is 0 Å². The van der Waals surface area contributed by atoms with E-state index in [1.165, 1.54) is 11.1 Å². The predicted molar refractivity (Wildman–Crippen MR) is 110 cm³/mol. The Morgan fingerprint density at radius 3 is 2.38 bits per heavy atom. The molecule has 5 nitrogen and oxygen atoms in total. The molecule has 0 radical (unpaired) electrons. The quantitative estimate of drug-likeness (QED) is 0.376. The second kappa shape index (κ2) is 11.9. The van der Waals surface area contributed by atoms with Crippen molar-refractivity contribution < 1.29 is 4.74 Å². The fourth-order valence-electron chi connectivity index (χ4n) is 2.20. The van der Waals surface area contributed by atoms with Crippen LogP contribution in [0.15, 0.2) is 53.8 Å². The van der Waals surface area contributed by atoms with E-state index in [0.29, 0.717) is 6.61 Å². The van der Waals surface area contributed by atoms with E-state index in [1.54, 1.807) is 7.05 Å². The first-order chi connectivity index (χ1) is 11.3. The first-order valence-electron chi connectivity index (χ1n) is 8.02. The number of nitrogens with zero attached hydrogens (tertiary/aromatic N) is 2. The molecular weight excluding hydrogens is 415 g/mol. The molecule has 0 saturated heterocycles. The van der Waals surface area contributed by atoms with E-state index in [4.69, 9.17) is 4.74 Å². The minimum Gasteiger partial charge on any atom is -0.377 e. The van der Waals surface area contributed by atoms with Crippen molar-refractivity contribution in [3.63, 3.8) is 0 Å². The molecule has 2 rings (SSSR count). The molecule has 0 atom stereocenters. The van der Waals surface area contributed by atoms with E-state index in [0.717, 1.165) is 32.2 Å². The second-order valence-corrected chi connectivity index (χ2v) is 5.23. The monoisotopic (exact) mass is 442 g/mol. The maximum atomic E-state index is 5.40. The molecule has 132 valence electrons. The number of nitrogens with one attached hydrogen (secondary N) is 2. The van der Waals surface area contributed by atoms with Crippen LogP contribution in [0.3, 0.4) is 0 Å². The minimum atomic E-state index is 0. The van der Waals surface area contributed by atoms with E-state index < -0.39 is 0 Å². The molecular formula is C18H27IN4O. The van der Waals surface area contributed by atoms with Crippen LogP contribution in [-0.2, 0) is 24.4 Å². The Hall–Kier alpha value is -1.54. The van der Waals surface area contributed by atoms with Crippen LogP contribution in [0.4, 0.5) is 0 Å². The molecule has 1 aromatic heterocycles. The van der Waals surface area contributed by atoms with Crippen molar-refractivity contribution in [2.45, 2.75) is 26.6 Å². The first kappa shape index (κ1) is 20.5. The van der Waals surface area contributed by atoms with Crippen LogP contribution in [0, 0.1) is 0 Å². The highest BCUT2D eigenvalue weighted by molar-refractivity contribution is 14.0. The Bertz CT molecular complexity index is 582. The third kappa shape index (κ3) is 7.35. The highest BCUT2D eigenvalue weighted by Crippen LogP contribution is 2.05. The zero-order valence-electron chi connectivity index (χ0n) is 14.4. The van der Waals surface area contributed by atoms with Crippen molar-refractivity contribution in [2.75, 3.05) is 20.2 Å². The molecule has 0 aliphatic carbocycles. The van der Waals surface area contributed by atoms with E-state index in [-0.39, 0.29) is 24.0 Å². The third-order valence-electron chi connectivity index (χ3n) is 3.51. The number of aromatic nitrogens is 1. The third-order valence-corrected chi connectivity index (χ3v) is 3.51. The normalized spacial score (nSPS) is 11.0. The molecule has 0 bridgehead atoms. The first-order valence-corrected chi connectivity index (χ1v) is 8.02. The Kier molecular flexibility index (Phi) is 10.2. The average molecular weight is 442 g/mol. The summed E-state index contributed by atoms with van der Waals surface area (Å²) in [5.41, 5.74) is 2.42. The molecule has 1 heterocycles. The number of hydrogen-bond donors (Lipinski definition) is 2. The zero-order valence-corrected chi connectivity index (χ0v) is 16.7. The van der Waals surface area contributed by atoms with Gasteiger partial charge < -0.3 is 19.9 Å². The van der Waals surface area contributed by atoms with Gasteiger partial charge in [-0.2, -0.15) is 0 Å². The van der Waals surface area contributed by atoms with Crippen LogP contribution in [-0.4, -0.2) is 30.7 Å². The van der Waals surface area contributed by atoms with Crippen molar-refractivity contribution in [1.29, 1.82) is 0 Å². The summed E-state index contributed by atoms with van der Waals surface area (Å²) in [6.45, 7) is 5.92. The van der Waals surface area contributed by atoms with Gasteiger partial charge in [0.25, 0.3) is 0 Å². The Morgan fingerprint density at radius 2 is 1.75 bits per heavy atom. The molecule has 6 heteroatoms. The summed E-state index contributed by atoms with van der Waals surface area (Å²) in [5, 5.41) is 6.64. The molecule has 0 aliphatic rings. The zero-order chi connectivity index (χ0) is 16.3. The van der Waals surface area contributed by atoms with E-state index in [9.17, 15) is 0 Å². The molecule has 0 spiro atoms. The Balaban J connectivity index is 0.00000288. The lowest BCUT2D eigenvalue weighted by atomic mass is 10.1. The summed E-state index contributed by atoms with van der Waals surface area (Å²) in [5.74, 6) is 0.815. The number of guanidine groups is 1. The predicted octanol–water partition coefficient (Wildman–Crippen LogP) is 3.01. The fraction of sp³-hybridized carbons (Fsp3) is 0.389. The maximum absolute atomic E-state index is 5.40. The van der Waals surface area contributed by atoms with Gasteiger partial charge in [0.05, 0.1) is 6.61 Å². The number of hydrogen-bond acceptors (Lipinski definition) is 2. The highest BCUT2D eigenvalue weighted by atomic mass is 127. The Morgan fingerprint density at radius 1 is 1.08 bits per heavy atom. The van der Waals surface area contributed by atoms with Gasteiger partial charge >= 0.3 is 0 Å². The lowest BCUT2D eigenvalue weighted by Crippen LogP contribution is -2.38. The van der Waals surface area contributed by atoms with Crippen LogP contribution in [0.2, 0.25) is 0 Å². The number of benzene rings is 1. The summed E-state index contributed by atoms with van der Waals surface area (Å²) in [6, 6.07) is 12.5. The van der Waals surface area contributed by atoms with Crippen molar-refractivity contribution >= 4 is 29.9 Å². The summed E-state index contributed by atoms with van der Waals surface area (Å²) < 4.78 is 7.54. The lowest BCUT2D eigenvalue weighted by Gasteiger charge is -2.12. The molecule has 1 aromatic carbocycles. The highest BCUT2D eigenvalue weighted by Gasteiger charge is 1.99. The number of rotatable bonds is 8. The van der Waals surface area contributed by atoms with E-state index >= 15 is 0 Å². The van der Waals surface area contributed by atoms with Gasteiger partial charge in [-0.3, -0.25) is 4.99 Å². The SMILES string of the molecule is CCOCc1ccc(CNC(=NC)NCCn2cccc2)cc1.I. The van der Waals surface area contributed by atoms with Crippen LogP contribution < -0.4 is 10.6 Å². The van der Waals surface area contributed by atoms with Crippen LogP contribution in [0.1, 0.15) is 18.1 Å². The van der Waals surface area contributed by atoms with Gasteiger partial charge in [-0.25, -0.2) is 0 Å². The Labute approximate surface area is 161 Å². The molecule has 0 unspecified atom stereocenters. The van der Waals surface area contributed by atoms with Gasteiger partial charge in [0.2, 0.25) is 0 Å². The van der Waals surface area contributed by atoms with Crippen molar-refractivity contribution in [3.8, 4) is 0 Å². The average Bonchev–Trinajstić information content (AvgIpc) is 3.10. The smallest absolute Gasteiger partial charge is 0.191 e. The standard InChI is InChI=1S/C18H26N4O.HI/c1-3-23-15-17-8-6-16(7-9-17)14-21-18(19-2)20-10-13-22-11-4-5-12-22;/h4-9,11-12H,3,10,13-15H2,1-2H3,(H2,19,20,21);1H. The molecule has 0 aliphatic heterocycles.